The fourth-order valence-electron chi connectivity index (χ4n) is 2.33. The van der Waals surface area contributed by atoms with E-state index in [0.717, 1.165) is 10.9 Å². The molecule has 1 aromatic carbocycles. The van der Waals surface area contributed by atoms with Gasteiger partial charge in [-0.3, -0.25) is 4.79 Å². The van der Waals surface area contributed by atoms with Crippen LogP contribution in [0.15, 0.2) is 33.2 Å². The van der Waals surface area contributed by atoms with Crippen molar-refractivity contribution in [2.45, 2.75) is 27.3 Å². The maximum absolute atomic E-state index is 12.6. The Kier molecular flexibility index (Phi) is 3.66. The summed E-state index contributed by atoms with van der Waals surface area (Å²) in [5, 5.41) is 4.75. The van der Waals surface area contributed by atoms with E-state index in [2.05, 4.69) is 10.1 Å². The Labute approximate surface area is 127 Å². The molecular formula is C16H17N3O3. The van der Waals surface area contributed by atoms with Gasteiger partial charge in [-0.1, -0.05) is 16.8 Å². The maximum atomic E-state index is 12.6. The molecule has 0 atom stereocenters. The van der Waals surface area contributed by atoms with E-state index in [9.17, 15) is 4.79 Å². The van der Waals surface area contributed by atoms with Gasteiger partial charge in [0, 0.05) is 18.9 Å². The summed E-state index contributed by atoms with van der Waals surface area (Å²) < 4.78 is 10.6. The summed E-state index contributed by atoms with van der Waals surface area (Å²) in [5.74, 6) is 1.11. The number of rotatable bonds is 4. The van der Waals surface area contributed by atoms with Crippen LogP contribution in [0.2, 0.25) is 0 Å². The fourth-order valence-corrected chi connectivity index (χ4v) is 2.33. The number of furan rings is 1. The maximum Gasteiger partial charge on any atom is 0.290 e. The van der Waals surface area contributed by atoms with E-state index < -0.39 is 0 Å². The van der Waals surface area contributed by atoms with Gasteiger partial charge in [-0.15, -0.1) is 0 Å². The van der Waals surface area contributed by atoms with Crippen molar-refractivity contribution < 1.29 is 13.7 Å². The Bertz CT molecular complexity index is 819. The lowest BCUT2D eigenvalue weighted by atomic mass is 10.2. The molecule has 0 aliphatic rings. The molecule has 0 fully saturated rings. The van der Waals surface area contributed by atoms with Crippen molar-refractivity contribution in [3.63, 3.8) is 0 Å². The topological polar surface area (TPSA) is 72.4 Å². The number of hydrogen-bond acceptors (Lipinski definition) is 5. The average molecular weight is 299 g/mol. The van der Waals surface area contributed by atoms with Crippen LogP contribution >= 0.6 is 0 Å². The van der Waals surface area contributed by atoms with Gasteiger partial charge in [-0.2, -0.15) is 4.98 Å². The van der Waals surface area contributed by atoms with Crippen LogP contribution < -0.4 is 0 Å². The molecule has 1 amide bonds. The van der Waals surface area contributed by atoms with Crippen molar-refractivity contribution in [3.8, 4) is 0 Å². The molecule has 114 valence electrons. The van der Waals surface area contributed by atoms with Gasteiger partial charge in [0.05, 0.1) is 6.54 Å². The van der Waals surface area contributed by atoms with Crippen LogP contribution in [0.1, 0.15) is 34.8 Å². The number of fused-ring (bicyclic) bond motifs is 1. The van der Waals surface area contributed by atoms with Gasteiger partial charge < -0.3 is 13.8 Å². The second-order valence-electron chi connectivity index (χ2n) is 5.20. The number of carbonyl (C=O) groups is 1. The lowest BCUT2D eigenvalue weighted by Crippen LogP contribution is -2.30. The zero-order chi connectivity index (χ0) is 15.7. The molecule has 22 heavy (non-hydrogen) atoms. The van der Waals surface area contributed by atoms with Crippen LogP contribution in [0.4, 0.5) is 0 Å². The van der Waals surface area contributed by atoms with E-state index in [1.807, 2.05) is 32.0 Å². The molecule has 0 radical (unpaired) electrons. The van der Waals surface area contributed by atoms with Crippen LogP contribution in [-0.2, 0) is 6.54 Å². The standard InChI is InChI=1S/C16H17N3O3/c1-4-19(9-15-17-11(3)22-18-15)16(20)14-8-12-7-10(2)5-6-13(12)21-14/h5-8H,4,9H2,1-3H3. The smallest absolute Gasteiger partial charge is 0.290 e. The molecule has 6 nitrogen and oxygen atoms in total. The van der Waals surface area contributed by atoms with Crippen LogP contribution in [0, 0.1) is 13.8 Å². The zero-order valence-electron chi connectivity index (χ0n) is 12.8. The average Bonchev–Trinajstić information content (AvgIpc) is 3.09. The third-order valence-corrected chi connectivity index (χ3v) is 3.45. The van der Waals surface area contributed by atoms with Crippen LogP contribution in [0.25, 0.3) is 11.0 Å². The third kappa shape index (κ3) is 2.72. The fraction of sp³-hybridized carbons (Fsp3) is 0.312. The van der Waals surface area contributed by atoms with Crippen LogP contribution in [0.5, 0.6) is 0 Å². The molecule has 0 bridgehead atoms. The highest BCUT2D eigenvalue weighted by Crippen LogP contribution is 2.22. The molecule has 0 aliphatic carbocycles. The molecule has 2 heterocycles. The Morgan fingerprint density at radius 3 is 2.77 bits per heavy atom. The van der Waals surface area contributed by atoms with Gasteiger partial charge in [0.25, 0.3) is 5.91 Å². The number of benzene rings is 1. The van der Waals surface area contributed by atoms with Crippen LogP contribution in [0.3, 0.4) is 0 Å². The predicted molar refractivity (Wildman–Crippen MR) is 80.4 cm³/mol. The summed E-state index contributed by atoms with van der Waals surface area (Å²) in [4.78, 5) is 18.3. The quantitative estimate of drug-likeness (QED) is 0.740. The number of amides is 1. The van der Waals surface area contributed by atoms with E-state index in [4.69, 9.17) is 8.94 Å². The first-order chi connectivity index (χ1) is 10.6. The molecule has 0 spiro atoms. The van der Waals surface area contributed by atoms with Gasteiger partial charge in [0.1, 0.15) is 5.58 Å². The number of carbonyl (C=O) groups excluding carboxylic acids is 1. The Hall–Kier alpha value is -2.63. The van der Waals surface area contributed by atoms with E-state index >= 15 is 0 Å². The molecule has 2 aromatic heterocycles. The summed E-state index contributed by atoms with van der Waals surface area (Å²) in [6.45, 7) is 6.45. The monoisotopic (exact) mass is 299 g/mol. The highest BCUT2D eigenvalue weighted by atomic mass is 16.5. The summed E-state index contributed by atoms with van der Waals surface area (Å²) >= 11 is 0. The number of aromatic nitrogens is 2. The van der Waals surface area contributed by atoms with Gasteiger partial charge in [0.15, 0.2) is 11.6 Å². The first kappa shape index (κ1) is 14.3. The lowest BCUT2D eigenvalue weighted by molar-refractivity contribution is 0.0717. The normalized spacial score (nSPS) is 11.0. The highest BCUT2D eigenvalue weighted by molar-refractivity contribution is 5.96. The van der Waals surface area contributed by atoms with Gasteiger partial charge in [-0.25, -0.2) is 0 Å². The summed E-state index contributed by atoms with van der Waals surface area (Å²) in [5.41, 5.74) is 1.84. The van der Waals surface area contributed by atoms with Gasteiger partial charge in [0.2, 0.25) is 5.89 Å². The van der Waals surface area contributed by atoms with Crippen LogP contribution in [-0.4, -0.2) is 27.5 Å². The van der Waals surface area contributed by atoms with E-state index in [-0.39, 0.29) is 5.91 Å². The van der Waals surface area contributed by atoms with Gasteiger partial charge in [-0.05, 0) is 32.0 Å². The largest absolute Gasteiger partial charge is 0.451 e. The molecule has 0 aliphatic heterocycles. The van der Waals surface area contributed by atoms with E-state index in [1.165, 1.54) is 0 Å². The minimum atomic E-state index is -0.182. The molecule has 0 saturated heterocycles. The summed E-state index contributed by atoms with van der Waals surface area (Å²) in [6.07, 6.45) is 0. The number of aryl methyl sites for hydroxylation is 2. The molecule has 0 N–H and O–H groups in total. The molecule has 0 saturated carbocycles. The molecule has 0 unspecified atom stereocenters. The number of hydrogen-bond donors (Lipinski definition) is 0. The molecular weight excluding hydrogens is 282 g/mol. The van der Waals surface area contributed by atoms with Crippen molar-refractivity contribution in [1.29, 1.82) is 0 Å². The molecule has 3 rings (SSSR count). The van der Waals surface area contributed by atoms with Crippen molar-refractivity contribution in [3.05, 3.63) is 47.3 Å². The minimum absolute atomic E-state index is 0.182. The van der Waals surface area contributed by atoms with Crippen molar-refractivity contribution >= 4 is 16.9 Å². The Morgan fingerprint density at radius 1 is 1.27 bits per heavy atom. The SMILES string of the molecule is CCN(Cc1noc(C)n1)C(=O)c1cc2cc(C)ccc2o1. The first-order valence-corrected chi connectivity index (χ1v) is 7.15. The molecule has 6 heteroatoms. The second-order valence-corrected chi connectivity index (χ2v) is 5.20. The zero-order valence-corrected chi connectivity index (χ0v) is 12.8. The Morgan fingerprint density at radius 2 is 2.09 bits per heavy atom. The molecule has 3 aromatic rings. The summed E-state index contributed by atoms with van der Waals surface area (Å²) in [7, 11) is 0. The van der Waals surface area contributed by atoms with E-state index in [0.29, 0.717) is 36.1 Å². The van der Waals surface area contributed by atoms with Gasteiger partial charge >= 0.3 is 0 Å². The third-order valence-electron chi connectivity index (χ3n) is 3.45. The number of nitrogens with zero attached hydrogens (tertiary/aromatic N) is 3. The summed E-state index contributed by atoms with van der Waals surface area (Å²) in [6, 6.07) is 7.60. The Balaban J connectivity index is 1.85. The first-order valence-electron chi connectivity index (χ1n) is 7.15. The van der Waals surface area contributed by atoms with E-state index in [1.54, 1.807) is 17.9 Å². The van der Waals surface area contributed by atoms with Crippen molar-refractivity contribution in [2.24, 2.45) is 0 Å². The predicted octanol–water partition coefficient (Wildman–Crippen LogP) is 3.09. The minimum Gasteiger partial charge on any atom is -0.451 e. The second kappa shape index (κ2) is 5.63. The highest BCUT2D eigenvalue weighted by Gasteiger charge is 2.20. The lowest BCUT2D eigenvalue weighted by Gasteiger charge is -2.17. The van der Waals surface area contributed by atoms with Crippen molar-refractivity contribution in [1.82, 2.24) is 15.0 Å². The van der Waals surface area contributed by atoms with Crippen molar-refractivity contribution in [2.75, 3.05) is 6.54 Å².